The zero-order chi connectivity index (χ0) is 19.4. The molecule has 10 heteroatoms. The van der Waals surface area contributed by atoms with Gasteiger partial charge in [0.25, 0.3) is 10.0 Å². The van der Waals surface area contributed by atoms with Crippen molar-refractivity contribution in [1.29, 1.82) is 0 Å². The Kier molecular flexibility index (Phi) is 6.28. The van der Waals surface area contributed by atoms with Crippen LogP contribution >= 0.6 is 11.3 Å². The van der Waals surface area contributed by atoms with E-state index < -0.39 is 10.0 Å². The lowest BCUT2D eigenvalue weighted by atomic mass is 9.97. The van der Waals surface area contributed by atoms with Gasteiger partial charge < -0.3 is 5.32 Å². The van der Waals surface area contributed by atoms with E-state index in [4.69, 9.17) is 0 Å². The summed E-state index contributed by atoms with van der Waals surface area (Å²) < 4.78 is 26.7. The second-order valence-corrected chi connectivity index (χ2v) is 9.81. The number of thiophene rings is 1. The van der Waals surface area contributed by atoms with Gasteiger partial charge in [0.05, 0.1) is 0 Å². The molecular formula is C17H23N3O5S2. The van der Waals surface area contributed by atoms with Crippen LogP contribution in [0.25, 0.3) is 0 Å². The van der Waals surface area contributed by atoms with Crippen molar-refractivity contribution in [2.75, 3.05) is 26.2 Å². The van der Waals surface area contributed by atoms with Gasteiger partial charge in [0, 0.05) is 44.9 Å². The van der Waals surface area contributed by atoms with E-state index in [2.05, 4.69) is 5.32 Å². The summed E-state index contributed by atoms with van der Waals surface area (Å²) in [7, 11) is -3.46. The molecule has 2 aliphatic heterocycles. The van der Waals surface area contributed by atoms with Crippen LogP contribution in [0.5, 0.6) is 0 Å². The normalized spacial score (nSPS) is 19.6. The largest absolute Gasteiger partial charge is 0.356 e. The highest BCUT2D eigenvalue weighted by Crippen LogP contribution is 2.26. The number of nitrogens with one attached hydrogen (secondary N) is 1. The van der Waals surface area contributed by atoms with Gasteiger partial charge in [0.2, 0.25) is 17.7 Å². The molecule has 8 nitrogen and oxygen atoms in total. The molecule has 2 saturated heterocycles. The molecule has 2 aliphatic rings. The predicted molar refractivity (Wildman–Crippen MR) is 99.4 cm³/mol. The maximum absolute atomic E-state index is 12.5. The minimum absolute atomic E-state index is 0.0951. The lowest BCUT2D eigenvalue weighted by Gasteiger charge is -2.30. The molecule has 0 radical (unpaired) electrons. The molecule has 3 heterocycles. The molecule has 148 valence electrons. The van der Waals surface area contributed by atoms with Gasteiger partial charge in [-0.15, -0.1) is 11.3 Å². The first-order valence-electron chi connectivity index (χ1n) is 9.04. The predicted octanol–water partition coefficient (Wildman–Crippen LogP) is 0.804. The van der Waals surface area contributed by atoms with Gasteiger partial charge in [-0.2, -0.15) is 4.31 Å². The molecule has 0 atom stereocenters. The molecule has 0 unspecified atom stereocenters. The molecule has 1 aromatic heterocycles. The van der Waals surface area contributed by atoms with Gasteiger partial charge in [-0.3, -0.25) is 19.3 Å². The maximum atomic E-state index is 12.5. The Labute approximate surface area is 162 Å². The SMILES string of the molecule is O=C(NCCCN1C(=O)CCC1=O)C1CCN(S(=O)(=O)c2cccs2)CC1. The van der Waals surface area contributed by atoms with Crippen molar-refractivity contribution in [3.05, 3.63) is 17.5 Å². The van der Waals surface area contributed by atoms with Crippen LogP contribution < -0.4 is 5.32 Å². The minimum atomic E-state index is -3.46. The van der Waals surface area contributed by atoms with Crippen molar-refractivity contribution >= 4 is 39.1 Å². The molecular weight excluding hydrogens is 390 g/mol. The van der Waals surface area contributed by atoms with Gasteiger partial charge in [0.15, 0.2) is 0 Å². The van der Waals surface area contributed by atoms with Crippen LogP contribution in [0.3, 0.4) is 0 Å². The van der Waals surface area contributed by atoms with Gasteiger partial charge in [-0.05, 0) is 30.7 Å². The lowest BCUT2D eigenvalue weighted by Crippen LogP contribution is -2.43. The zero-order valence-corrected chi connectivity index (χ0v) is 16.6. The molecule has 0 aliphatic carbocycles. The number of piperidine rings is 1. The average molecular weight is 414 g/mol. The highest BCUT2D eigenvalue weighted by molar-refractivity contribution is 7.91. The van der Waals surface area contributed by atoms with Gasteiger partial charge in [-0.1, -0.05) is 6.07 Å². The number of carbonyl (C=O) groups is 3. The number of hydrogen-bond acceptors (Lipinski definition) is 6. The maximum Gasteiger partial charge on any atom is 0.252 e. The topological polar surface area (TPSA) is 104 Å². The molecule has 2 fully saturated rings. The Hall–Kier alpha value is -1.78. The molecule has 3 amide bonds. The average Bonchev–Trinajstić information content (AvgIpc) is 3.31. The van der Waals surface area contributed by atoms with Crippen LogP contribution in [0.4, 0.5) is 0 Å². The summed E-state index contributed by atoms with van der Waals surface area (Å²) in [5.41, 5.74) is 0. The third-order valence-electron chi connectivity index (χ3n) is 4.93. The number of nitrogens with zero attached hydrogens (tertiary/aromatic N) is 2. The minimum Gasteiger partial charge on any atom is -0.356 e. The van der Waals surface area contributed by atoms with Crippen molar-refractivity contribution in [2.45, 2.75) is 36.3 Å². The molecule has 3 rings (SSSR count). The van der Waals surface area contributed by atoms with E-state index in [0.717, 1.165) is 0 Å². The van der Waals surface area contributed by atoms with Gasteiger partial charge in [0.1, 0.15) is 4.21 Å². The van der Waals surface area contributed by atoms with E-state index in [1.165, 1.54) is 20.5 Å². The Morgan fingerprint density at radius 1 is 1.19 bits per heavy atom. The Morgan fingerprint density at radius 3 is 2.44 bits per heavy atom. The van der Waals surface area contributed by atoms with E-state index in [9.17, 15) is 22.8 Å². The van der Waals surface area contributed by atoms with Crippen molar-refractivity contribution in [3.8, 4) is 0 Å². The fraction of sp³-hybridized carbons (Fsp3) is 0.588. The number of amides is 3. The number of likely N-dealkylation sites (tertiary alicyclic amines) is 1. The summed E-state index contributed by atoms with van der Waals surface area (Å²) in [6.07, 6.45) is 2.05. The molecule has 1 N–H and O–H groups in total. The van der Waals surface area contributed by atoms with Crippen molar-refractivity contribution < 1.29 is 22.8 Å². The summed E-state index contributed by atoms with van der Waals surface area (Å²) >= 11 is 1.19. The van der Waals surface area contributed by atoms with E-state index in [1.807, 2.05) is 0 Å². The fourth-order valence-corrected chi connectivity index (χ4v) is 5.98. The highest BCUT2D eigenvalue weighted by atomic mass is 32.2. The van der Waals surface area contributed by atoms with E-state index in [0.29, 0.717) is 49.7 Å². The van der Waals surface area contributed by atoms with Crippen LogP contribution in [-0.4, -0.2) is 61.5 Å². The van der Waals surface area contributed by atoms with Crippen LogP contribution in [0.2, 0.25) is 0 Å². The van der Waals surface area contributed by atoms with E-state index in [-0.39, 0.29) is 36.5 Å². The molecule has 0 spiro atoms. The highest BCUT2D eigenvalue weighted by Gasteiger charge is 2.32. The molecule has 1 aromatic rings. The smallest absolute Gasteiger partial charge is 0.252 e. The number of hydrogen-bond donors (Lipinski definition) is 1. The summed E-state index contributed by atoms with van der Waals surface area (Å²) in [5, 5.41) is 4.57. The van der Waals surface area contributed by atoms with Crippen molar-refractivity contribution in [1.82, 2.24) is 14.5 Å². The van der Waals surface area contributed by atoms with Gasteiger partial charge >= 0.3 is 0 Å². The molecule has 27 heavy (non-hydrogen) atoms. The standard InChI is InChI=1S/C17H23N3O5S2/c21-14-4-5-15(22)20(14)9-2-8-18-17(23)13-6-10-19(11-7-13)27(24,25)16-3-1-12-26-16/h1,3,12-13H,2,4-11H2,(H,18,23). The van der Waals surface area contributed by atoms with E-state index >= 15 is 0 Å². The van der Waals surface area contributed by atoms with Crippen LogP contribution in [0, 0.1) is 5.92 Å². The van der Waals surface area contributed by atoms with Gasteiger partial charge in [-0.25, -0.2) is 8.42 Å². The number of sulfonamides is 1. The van der Waals surface area contributed by atoms with Crippen molar-refractivity contribution in [3.63, 3.8) is 0 Å². The zero-order valence-electron chi connectivity index (χ0n) is 14.9. The summed E-state index contributed by atoms with van der Waals surface area (Å²) in [5.74, 6) is -0.603. The van der Waals surface area contributed by atoms with Crippen LogP contribution in [-0.2, 0) is 24.4 Å². The first-order valence-corrected chi connectivity index (χ1v) is 11.4. The second-order valence-electron chi connectivity index (χ2n) is 6.69. The number of imide groups is 1. The quantitative estimate of drug-likeness (QED) is 0.526. The third kappa shape index (κ3) is 4.56. The molecule has 0 saturated carbocycles. The summed E-state index contributed by atoms with van der Waals surface area (Å²) in [6, 6.07) is 3.30. The number of carbonyl (C=O) groups excluding carboxylic acids is 3. The fourth-order valence-electron chi connectivity index (χ4n) is 3.36. The first kappa shape index (κ1) is 20.0. The van der Waals surface area contributed by atoms with Crippen LogP contribution in [0.15, 0.2) is 21.7 Å². The Morgan fingerprint density at radius 2 is 1.85 bits per heavy atom. The van der Waals surface area contributed by atoms with E-state index in [1.54, 1.807) is 17.5 Å². The summed E-state index contributed by atoms with van der Waals surface area (Å²) in [6.45, 7) is 1.38. The second kappa shape index (κ2) is 8.49. The van der Waals surface area contributed by atoms with Crippen molar-refractivity contribution in [2.24, 2.45) is 5.92 Å². The Balaban J connectivity index is 1.40. The van der Waals surface area contributed by atoms with Crippen LogP contribution in [0.1, 0.15) is 32.1 Å². The Bertz CT molecular complexity index is 783. The first-order chi connectivity index (χ1) is 12.9. The molecule has 0 bridgehead atoms. The lowest BCUT2D eigenvalue weighted by molar-refractivity contribution is -0.138. The number of rotatable bonds is 7. The summed E-state index contributed by atoms with van der Waals surface area (Å²) in [4.78, 5) is 36.6. The molecule has 0 aromatic carbocycles. The third-order valence-corrected chi connectivity index (χ3v) is 8.20. The monoisotopic (exact) mass is 413 g/mol.